The number of primary amides is 1. The molecule has 0 bridgehead atoms. The molecule has 3 rings (SSSR count). The summed E-state index contributed by atoms with van der Waals surface area (Å²) in [7, 11) is 1.45. The van der Waals surface area contributed by atoms with Gasteiger partial charge in [0.05, 0.1) is 75.8 Å². The zero-order valence-electron chi connectivity index (χ0n) is 65.6. The SMILES string of the molecule is CCCCCCCCCCCCCC1CC(=O)NC(C(C)O)C(=O)NC(C)C(=O)NC(Cc2ccc(OC)c(C)c2)C(=O)NC(C(C)C)C(=O)N(CC(C)O)CC(=O)NC(C(C)O)C(=O)NC(C(C)O)C(=O)N2CCC(O)C2C(=O)NC(C(O)CC(N)=O)C(=O)NCC(=O)NC(C(C)O)C(=O)NC(CCCC)C(=O)O1. The molecule has 1 aromatic rings. The maximum absolute atomic E-state index is 14.8. The van der Waals surface area contributed by atoms with Crippen molar-refractivity contribution in [2.24, 2.45) is 11.7 Å². The van der Waals surface area contributed by atoms with E-state index in [9.17, 15) is 103 Å². The minimum absolute atomic E-state index is 0.0627. The van der Waals surface area contributed by atoms with Gasteiger partial charge in [0.15, 0.2) is 0 Å². The second kappa shape index (κ2) is 48.2. The lowest BCUT2D eigenvalue weighted by atomic mass is 9.99. The molecule has 0 aliphatic carbocycles. The van der Waals surface area contributed by atoms with Crippen molar-refractivity contribution >= 4 is 82.8 Å². The number of nitrogens with zero attached hydrogens (tertiary/aromatic N) is 2. The molecule has 13 amide bonds. The van der Waals surface area contributed by atoms with Crippen molar-refractivity contribution in [2.75, 3.05) is 33.3 Å². The molecule has 19 N–H and O–H groups in total. The Bertz CT molecular complexity index is 3230. The lowest BCUT2D eigenvalue weighted by molar-refractivity contribution is -0.155. The van der Waals surface area contributed by atoms with Gasteiger partial charge >= 0.3 is 5.97 Å². The van der Waals surface area contributed by atoms with E-state index in [-0.39, 0.29) is 25.7 Å². The number of unbranched alkanes of at least 4 members (excludes halogenated alkanes) is 11. The normalized spacial score (nSPS) is 26.3. The quantitative estimate of drug-likeness (QED) is 0.0291. The van der Waals surface area contributed by atoms with Gasteiger partial charge in [-0.15, -0.1) is 0 Å². The molecule has 2 heterocycles. The van der Waals surface area contributed by atoms with Crippen LogP contribution in [-0.2, 0) is 78.3 Å². The number of esters is 1. The highest BCUT2D eigenvalue weighted by atomic mass is 16.5. The number of carbonyl (C=O) groups is 14. The van der Waals surface area contributed by atoms with Crippen LogP contribution in [0.15, 0.2) is 18.2 Å². The minimum Gasteiger partial charge on any atom is -0.496 e. The summed E-state index contributed by atoms with van der Waals surface area (Å²) in [5, 5.41) is 101. The fraction of sp³-hybridized carbons (Fsp3) is 0.730. The van der Waals surface area contributed by atoms with Crippen molar-refractivity contribution in [3.05, 3.63) is 29.3 Å². The van der Waals surface area contributed by atoms with E-state index < -0.39 is 237 Å². The van der Waals surface area contributed by atoms with E-state index in [0.717, 1.165) is 70.6 Å². The van der Waals surface area contributed by atoms with Gasteiger partial charge in [0, 0.05) is 19.5 Å². The number of methoxy groups -OCH3 is 1. The first kappa shape index (κ1) is 95.5. The van der Waals surface area contributed by atoms with Crippen LogP contribution in [0.4, 0.5) is 0 Å². The molecule has 2 fully saturated rings. The molecule has 36 nitrogen and oxygen atoms in total. The number of β-amino-alcohol motifs (C(OH)–C–C–N with tert-alkyl or cyclic N) is 1. The van der Waals surface area contributed by atoms with Gasteiger partial charge in [-0.3, -0.25) is 62.3 Å². The van der Waals surface area contributed by atoms with Crippen LogP contribution in [0.5, 0.6) is 5.75 Å². The van der Waals surface area contributed by atoms with E-state index in [1.165, 1.54) is 54.6 Å². The third-order valence-electron chi connectivity index (χ3n) is 18.9. The zero-order chi connectivity index (χ0) is 82.8. The summed E-state index contributed by atoms with van der Waals surface area (Å²) in [6, 6.07) is -13.0. The van der Waals surface area contributed by atoms with Crippen molar-refractivity contribution in [3.63, 3.8) is 0 Å². The van der Waals surface area contributed by atoms with Gasteiger partial charge in [-0.05, 0) is 97.3 Å². The minimum atomic E-state index is -2.21. The molecule has 2 aliphatic heterocycles. The van der Waals surface area contributed by atoms with Crippen LogP contribution in [0, 0.1) is 12.8 Å². The lowest BCUT2D eigenvalue weighted by Gasteiger charge is -2.33. The van der Waals surface area contributed by atoms with E-state index in [1.807, 2.05) is 0 Å². The fourth-order valence-electron chi connectivity index (χ4n) is 12.7. The standard InChI is InChI=1S/C74H123N13O23/c1-13-15-17-18-19-20-21-22-23-24-25-26-48-34-55(96)80-59(43(8)89)68(102)77-42(7)65(99)79-50(33-47-28-29-53(109-12)40(5)32-47)66(100)83-58(39(3)4)72(106)86(37-41(6)88)38-57(98)82-61(45(10)91)70(104)84-62(46(11)92)73(107)87-31-30-51(93)64(87)71(105)85-63(52(94)35-54(75)95)67(101)76-36-56(97)81-60(44(9)90)69(103)78-49(27-16-14-2)74(108)110-48/h28-29,32,39,41-46,48-52,58-64,88-94H,13-27,30-31,33-38H2,1-12H3,(H2,75,95)(H,76,101)(H,77,102)(H,78,103)(H,79,99)(H,80,96)(H,81,97)(H,82,98)(H,83,100)(H,84,104)(H,85,105). The Hall–Kier alpha value is -8.68. The van der Waals surface area contributed by atoms with E-state index in [4.69, 9.17) is 15.2 Å². The van der Waals surface area contributed by atoms with Crippen LogP contribution in [0.3, 0.4) is 0 Å². The molecule has 2 saturated heterocycles. The van der Waals surface area contributed by atoms with Gasteiger partial charge in [0.2, 0.25) is 76.8 Å². The molecule has 18 unspecified atom stereocenters. The first-order valence-corrected chi connectivity index (χ1v) is 38.2. The predicted octanol–water partition coefficient (Wildman–Crippen LogP) is -3.16. The number of hydrogen-bond donors (Lipinski definition) is 18. The first-order chi connectivity index (χ1) is 51.8. The first-order valence-electron chi connectivity index (χ1n) is 38.2. The molecule has 622 valence electrons. The Morgan fingerprint density at radius 1 is 0.564 bits per heavy atom. The Kier molecular flexibility index (Phi) is 41.8. The number of benzene rings is 1. The number of carbonyl (C=O) groups excluding carboxylic acids is 14. The Balaban J connectivity index is 2.22. The molecule has 36 heteroatoms. The van der Waals surface area contributed by atoms with Crippen LogP contribution in [-0.4, -0.2) is 271 Å². The third-order valence-corrected chi connectivity index (χ3v) is 18.9. The highest BCUT2D eigenvalue weighted by Gasteiger charge is 2.47. The van der Waals surface area contributed by atoms with E-state index in [0.29, 0.717) is 47.5 Å². The van der Waals surface area contributed by atoms with Crippen LogP contribution in [0.1, 0.15) is 196 Å². The topological polar surface area (TPSA) is 552 Å². The number of aliphatic hydroxyl groups excluding tert-OH is 7. The summed E-state index contributed by atoms with van der Waals surface area (Å²) in [6.45, 7) is 12.6. The highest BCUT2D eigenvalue weighted by molar-refractivity contribution is 6.00. The number of hydrogen-bond acceptors (Lipinski definition) is 23. The number of ether oxygens (including phenoxy) is 2. The molecular weight excluding hydrogens is 1440 g/mol. The van der Waals surface area contributed by atoms with Crippen molar-refractivity contribution in [1.29, 1.82) is 0 Å². The van der Waals surface area contributed by atoms with Crippen LogP contribution in [0.2, 0.25) is 0 Å². The van der Waals surface area contributed by atoms with Gasteiger partial charge in [0.25, 0.3) is 0 Å². The highest BCUT2D eigenvalue weighted by Crippen LogP contribution is 2.24. The monoisotopic (exact) mass is 1560 g/mol. The second-order valence-electron chi connectivity index (χ2n) is 29.2. The van der Waals surface area contributed by atoms with Crippen molar-refractivity contribution in [3.8, 4) is 5.75 Å². The van der Waals surface area contributed by atoms with Gasteiger partial charge in [-0.25, -0.2) is 4.79 Å². The van der Waals surface area contributed by atoms with Gasteiger partial charge in [0.1, 0.15) is 72.3 Å². The summed E-state index contributed by atoms with van der Waals surface area (Å²) < 4.78 is 11.4. The third kappa shape index (κ3) is 32.0. The second-order valence-corrected chi connectivity index (χ2v) is 29.2. The molecule has 2 aliphatic rings. The summed E-state index contributed by atoms with van der Waals surface area (Å²) in [5.41, 5.74) is 6.45. The molecule has 0 aromatic heterocycles. The number of aryl methyl sites for hydroxylation is 1. The molecule has 18 atom stereocenters. The summed E-state index contributed by atoms with van der Waals surface area (Å²) in [6.07, 6.45) is -4.22. The van der Waals surface area contributed by atoms with Crippen molar-refractivity contribution in [1.82, 2.24) is 63.0 Å². The van der Waals surface area contributed by atoms with E-state index >= 15 is 0 Å². The van der Waals surface area contributed by atoms with E-state index in [2.05, 4.69) is 60.1 Å². The fourth-order valence-corrected chi connectivity index (χ4v) is 12.7. The Morgan fingerprint density at radius 2 is 1.07 bits per heavy atom. The van der Waals surface area contributed by atoms with E-state index in [1.54, 1.807) is 32.0 Å². The van der Waals surface area contributed by atoms with Crippen LogP contribution < -0.4 is 63.6 Å². The molecule has 0 saturated carbocycles. The van der Waals surface area contributed by atoms with Gasteiger partial charge < -0.3 is 114 Å². The Morgan fingerprint density at radius 3 is 1.60 bits per heavy atom. The summed E-state index contributed by atoms with van der Waals surface area (Å²) >= 11 is 0. The van der Waals surface area contributed by atoms with Crippen LogP contribution >= 0.6 is 0 Å². The number of fused-ring (bicyclic) bond motifs is 1. The maximum atomic E-state index is 14.8. The number of nitrogens with one attached hydrogen (secondary N) is 10. The van der Waals surface area contributed by atoms with Crippen LogP contribution in [0.25, 0.3) is 0 Å². The number of amides is 13. The molecule has 110 heavy (non-hydrogen) atoms. The zero-order valence-corrected chi connectivity index (χ0v) is 65.6. The van der Waals surface area contributed by atoms with Gasteiger partial charge in [-0.1, -0.05) is 117 Å². The molecule has 0 radical (unpaired) electrons. The van der Waals surface area contributed by atoms with Gasteiger partial charge in [-0.2, -0.15) is 0 Å². The molecule has 0 spiro atoms. The maximum Gasteiger partial charge on any atom is 0.328 e. The number of nitrogens with two attached hydrogens (primary N) is 1. The lowest BCUT2D eigenvalue weighted by Crippen LogP contribution is -2.64. The largest absolute Gasteiger partial charge is 0.496 e. The average molecular weight is 1560 g/mol. The number of cyclic esters (lactones) is 1. The molecular formula is C74H123N13O23. The average Bonchev–Trinajstić information content (AvgIpc) is 1.63. The summed E-state index contributed by atoms with van der Waals surface area (Å²) in [5.74, 6) is -16.2. The summed E-state index contributed by atoms with van der Waals surface area (Å²) in [4.78, 5) is 199. The molecule has 1 aromatic carbocycles. The van der Waals surface area contributed by atoms with Crippen molar-refractivity contribution in [2.45, 2.75) is 307 Å². The smallest absolute Gasteiger partial charge is 0.328 e. The number of rotatable bonds is 28. The van der Waals surface area contributed by atoms with Crippen molar-refractivity contribution < 1.29 is 112 Å². The Labute approximate surface area is 643 Å². The predicted molar refractivity (Wildman–Crippen MR) is 398 cm³/mol. The number of aliphatic hydroxyl groups is 7.